The summed E-state index contributed by atoms with van der Waals surface area (Å²) in [5.74, 6) is -0.0108. The summed E-state index contributed by atoms with van der Waals surface area (Å²) in [6.45, 7) is 2.97. The Morgan fingerprint density at radius 2 is 1.81 bits per heavy atom. The number of piperidine rings is 1. The first-order valence-corrected chi connectivity index (χ1v) is 12.3. The summed E-state index contributed by atoms with van der Waals surface area (Å²) in [5.41, 5.74) is 0.395. The predicted molar refractivity (Wildman–Crippen MR) is 131 cm³/mol. The number of likely N-dealkylation sites (tertiary alicyclic amines) is 1. The molecule has 1 aromatic carbocycles. The highest BCUT2D eigenvalue weighted by atomic mass is 16.7. The number of carbonyl (C=O) groups excluding carboxylic acids is 1. The maximum absolute atomic E-state index is 13.5. The lowest BCUT2D eigenvalue weighted by Gasteiger charge is -2.33. The fourth-order valence-electron chi connectivity index (χ4n) is 4.95. The van der Waals surface area contributed by atoms with Gasteiger partial charge in [-0.15, -0.1) is 0 Å². The summed E-state index contributed by atoms with van der Waals surface area (Å²) in [7, 11) is 1.58. The van der Waals surface area contributed by atoms with Crippen LogP contribution >= 0.6 is 0 Å². The van der Waals surface area contributed by atoms with Crippen LogP contribution in [-0.4, -0.2) is 75.8 Å². The van der Waals surface area contributed by atoms with E-state index in [0.717, 1.165) is 23.0 Å². The molecule has 1 amide bonds. The number of imidazole rings is 1. The van der Waals surface area contributed by atoms with Gasteiger partial charge in [-0.3, -0.25) is 14.2 Å². The smallest absolute Gasteiger partial charge is 0.333 e. The molecule has 192 valence electrons. The molecule has 0 saturated carbocycles. The van der Waals surface area contributed by atoms with E-state index in [0.29, 0.717) is 45.1 Å². The van der Waals surface area contributed by atoms with Crippen molar-refractivity contribution < 1.29 is 19.0 Å². The van der Waals surface area contributed by atoms with E-state index in [1.807, 2.05) is 30.3 Å². The van der Waals surface area contributed by atoms with Crippen LogP contribution in [0.15, 0.2) is 46.2 Å². The summed E-state index contributed by atoms with van der Waals surface area (Å²) in [5, 5.41) is 0. The zero-order valence-corrected chi connectivity index (χ0v) is 20.4. The van der Waals surface area contributed by atoms with Crippen LogP contribution in [0.2, 0.25) is 0 Å². The van der Waals surface area contributed by atoms with Crippen LogP contribution < -0.4 is 11.2 Å². The molecule has 11 heteroatoms. The van der Waals surface area contributed by atoms with Gasteiger partial charge in [0.1, 0.15) is 6.54 Å². The topological polar surface area (TPSA) is 110 Å². The Morgan fingerprint density at radius 3 is 2.50 bits per heavy atom. The number of ether oxygens (including phenoxy) is 3. The maximum Gasteiger partial charge on any atom is 0.333 e. The Balaban J connectivity index is 1.44. The van der Waals surface area contributed by atoms with Crippen molar-refractivity contribution in [2.24, 2.45) is 5.92 Å². The number of amides is 1. The molecule has 0 spiro atoms. The third kappa shape index (κ3) is 4.86. The molecule has 4 heterocycles. The Kier molecular flexibility index (Phi) is 7.30. The summed E-state index contributed by atoms with van der Waals surface area (Å²) < 4.78 is 20.6. The number of fused-ring (bicyclic) bond motifs is 1. The first-order valence-electron chi connectivity index (χ1n) is 12.3. The lowest BCUT2D eigenvalue weighted by molar-refractivity contribution is -0.137. The molecule has 0 bridgehead atoms. The molecular weight excluding hydrogens is 466 g/mol. The molecule has 5 rings (SSSR count). The lowest BCUT2D eigenvalue weighted by atomic mass is 9.96. The molecule has 3 aromatic rings. The van der Waals surface area contributed by atoms with Gasteiger partial charge in [0.05, 0.1) is 32.7 Å². The minimum absolute atomic E-state index is 0.204. The molecule has 2 aliphatic rings. The van der Waals surface area contributed by atoms with Crippen molar-refractivity contribution in [2.45, 2.75) is 38.8 Å². The number of hydrogen-bond donors (Lipinski definition) is 0. The maximum atomic E-state index is 13.5. The number of aromatic nitrogens is 4. The number of methoxy groups -OCH3 is 1. The molecule has 2 fully saturated rings. The second-order valence-electron chi connectivity index (χ2n) is 9.18. The van der Waals surface area contributed by atoms with Gasteiger partial charge >= 0.3 is 5.69 Å². The summed E-state index contributed by atoms with van der Waals surface area (Å²) >= 11 is 0. The van der Waals surface area contributed by atoms with Gasteiger partial charge in [0.25, 0.3) is 5.56 Å². The van der Waals surface area contributed by atoms with Gasteiger partial charge in [-0.05, 0) is 18.4 Å². The monoisotopic (exact) mass is 497 g/mol. The van der Waals surface area contributed by atoms with Crippen LogP contribution in [0.1, 0.15) is 18.4 Å². The quantitative estimate of drug-likeness (QED) is 0.450. The third-order valence-corrected chi connectivity index (χ3v) is 6.92. The van der Waals surface area contributed by atoms with Crippen LogP contribution in [0, 0.1) is 5.92 Å². The highest BCUT2D eigenvalue weighted by molar-refractivity contribution is 5.77. The fraction of sp³-hybridized carbons (Fsp3) is 0.520. The number of benzene rings is 1. The van der Waals surface area contributed by atoms with E-state index in [2.05, 4.69) is 4.98 Å². The normalized spacial score (nSPS) is 17.3. The first kappa shape index (κ1) is 24.4. The van der Waals surface area contributed by atoms with Crippen molar-refractivity contribution in [1.29, 1.82) is 0 Å². The van der Waals surface area contributed by atoms with Gasteiger partial charge in [-0.1, -0.05) is 30.3 Å². The minimum atomic E-state index is -0.552. The zero-order valence-electron chi connectivity index (χ0n) is 20.4. The molecule has 2 aromatic heterocycles. The summed E-state index contributed by atoms with van der Waals surface area (Å²) in [6.07, 6.45) is 2.85. The van der Waals surface area contributed by atoms with Crippen LogP contribution in [0.4, 0.5) is 0 Å². The van der Waals surface area contributed by atoms with Gasteiger partial charge < -0.3 is 23.7 Å². The molecule has 0 unspecified atom stereocenters. The third-order valence-electron chi connectivity index (χ3n) is 6.92. The van der Waals surface area contributed by atoms with Crippen molar-refractivity contribution in [2.75, 3.05) is 40.0 Å². The molecule has 36 heavy (non-hydrogen) atoms. The van der Waals surface area contributed by atoms with Gasteiger partial charge in [-0.2, -0.15) is 0 Å². The van der Waals surface area contributed by atoms with Gasteiger partial charge in [0.15, 0.2) is 17.5 Å². The summed E-state index contributed by atoms with van der Waals surface area (Å²) in [6, 6.07) is 9.49. The largest absolute Gasteiger partial charge is 0.383 e. The van der Waals surface area contributed by atoms with Crippen molar-refractivity contribution >= 4 is 17.1 Å². The number of hydrogen-bond acceptors (Lipinski definition) is 7. The van der Waals surface area contributed by atoms with Crippen LogP contribution in [0.3, 0.4) is 0 Å². The molecule has 0 N–H and O–H groups in total. The molecule has 0 aliphatic carbocycles. The Labute approximate surface area is 207 Å². The van der Waals surface area contributed by atoms with E-state index < -0.39 is 11.2 Å². The van der Waals surface area contributed by atoms with Crippen LogP contribution in [0.5, 0.6) is 0 Å². The highest BCUT2D eigenvalue weighted by Crippen LogP contribution is 2.25. The van der Waals surface area contributed by atoms with E-state index in [1.165, 1.54) is 10.9 Å². The Hall–Kier alpha value is -3.28. The van der Waals surface area contributed by atoms with Gasteiger partial charge in [0.2, 0.25) is 5.91 Å². The Morgan fingerprint density at radius 1 is 1.08 bits per heavy atom. The fourth-order valence-corrected chi connectivity index (χ4v) is 4.95. The second kappa shape index (κ2) is 10.8. The van der Waals surface area contributed by atoms with Gasteiger partial charge in [0, 0.05) is 32.7 Å². The SMILES string of the molecule is COCCn1cnc2c1c(=O)n(CC(=O)N1CCC(C3OCCO3)CC1)c(=O)n2Cc1ccccc1. The zero-order chi connectivity index (χ0) is 25.1. The van der Waals surface area contributed by atoms with Gasteiger partial charge in [-0.25, -0.2) is 14.3 Å². The van der Waals surface area contributed by atoms with Crippen molar-refractivity contribution in [3.63, 3.8) is 0 Å². The van der Waals surface area contributed by atoms with E-state index in [9.17, 15) is 14.4 Å². The minimum Gasteiger partial charge on any atom is -0.383 e. The molecule has 0 atom stereocenters. The number of rotatable bonds is 8. The first-order chi connectivity index (χ1) is 17.6. The second-order valence-corrected chi connectivity index (χ2v) is 9.18. The highest BCUT2D eigenvalue weighted by Gasteiger charge is 2.32. The average molecular weight is 498 g/mol. The van der Waals surface area contributed by atoms with E-state index >= 15 is 0 Å². The van der Waals surface area contributed by atoms with E-state index in [4.69, 9.17) is 14.2 Å². The standard InChI is InChI=1S/C25H31N5O6/c1-34-12-11-28-17-26-22-21(28)23(32)30(25(33)29(22)15-18-5-3-2-4-6-18)16-20(31)27-9-7-19(8-10-27)24-35-13-14-36-24/h2-6,17,19,24H,7-16H2,1H3. The van der Waals surface area contributed by atoms with Crippen molar-refractivity contribution in [3.8, 4) is 0 Å². The van der Waals surface area contributed by atoms with E-state index in [-0.39, 0.29) is 36.7 Å². The van der Waals surface area contributed by atoms with Crippen LogP contribution in [0.25, 0.3) is 11.2 Å². The molecule has 0 radical (unpaired) electrons. The number of carbonyl (C=O) groups is 1. The average Bonchev–Trinajstić information content (AvgIpc) is 3.59. The lowest BCUT2D eigenvalue weighted by Crippen LogP contribution is -2.47. The molecule has 2 aliphatic heterocycles. The predicted octanol–water partition coefficient (Wildman–Crippen LogP) is 0.666. The van der Waals surface area contributed by atoms with Crippen molar-refractivity contribution in [1.82, 2.24) is 23.6 Å². The Bertz CT molecular complexity index is 1320. The molecular formula is C25H31N5O6. The summed E-state index contributed by atoms with van der Waals surface area (Å²) in [4.78, 5) is 46.3. The molecule has 11 nitrogen and oxygen atoms in total. The molecule has 2 saturated heterocycles. The number of nitrogens with zero attached hydrogens (tertiary/aromatic N) is 5. The van der Waals surface area contributed by atoms with E-state index in [1.54, 1.807) is 16.6 Å². The van der Waals surface area contributed by atoms with Crippen LogP contribution in [-0.2, 0) is 38.6 Å². The van der Waals surface area contributed by atoms with Crippen molar-refractivity contribution in [3.05, 3.63) is 63.1 Å².